The fourth-order valence-electron chi connectivity index (χ4n) is 3.27. The number of pyridine rings is 1. The molecule has 9 nitrogen and oxygen atoms in total. The van der Waals surface area contributed by atoms with Crippen LogP contribution in [-0.2, 0) is 16.0 Å². The van der Waals surface area contributed by atoms with Crippen molar-refractivity contribution in [1.82, 2.24) is 20.3 Å². The summed E-state index contributed by atoms with van der Waals surface area (Å²) in [6, 6.07) is 17.1. The van der Waals surface area contributed by atoms with Crippen molar-refractivity contribution in [3.8, 4) is 22.8 Å². The number of carbonyl (C=O) groups excluding carboxylic acids is 2. The van der Waals surface area contributed by atoms with E-state index < -0.39 is 24.5 Å². The van der Waals surface area contributed by atoms with Crippen LogP contribution in [0.4, 0.5) is 10.2 Å². The lowest BCUT2D eigenvalue weighted by Gasteiger charge is -2.17. The minimum absolute atomic E-state index is 0.135. The van der Waals surface area contributed by atoms with E-state index in [1.54, 1.807) is 48.7 Å². The molecule has 0 saturated carbocycles. The van der Waals surface area contributed by atoms with Crippen LogP contribution in [0.15, 0.2) is 79.3 Å². The average Bonchev–Trinajstić information content (AvgIpc) is 3.39. The van der Waals surface area contributed by atoms with Gasteiger partial charge in [0, 0.05) is 18.2 Å². The van der Waals surface area contributed by atoms with Crippen molar-refractivity contribution < 1.29 is 23.8 Å². The lowest BCUT2D eigenvalue weighted by Crippen LogP contribution is -2.46. The van der Waals surface area contributed by atoms with Crippen LogP contribution in [0.5, 0.6) is 11.5 Å². The second-order valence-electron chi connectivity index (χ2n) is 7.52. The number of ether oxygens (including phenoxy) is 1. The third-order valence-corrected chi connectivity index (χ3v) is 4.96. The Hall–Kier alpha value is -4.57. The summed E-state index contributed by atoms with van der Waals surface area (Å²) in [4.78, 5) is 35.9. The zero-order chi connectivity index (χ0) is 24.6. The number of carbonyl (C=O) groups is 2. The van der Waals surface area contributed by atoms with E-state index in [0.29, 0.717) is 28.7 Å². The standard InChI is InChI=1S/C25H22FN5O4/c26-17-6-10-20(11-7-17)35-19-8-4-16(5-9-19)21-2-1-3-23(29-21)31-25(34)22(30-24(33)14-32)12-18-13-27-15-28-18/h1-11,13,15,22,32H,12,14H2,(H,27,28)(H,30,33)(H,29,31,34)/t22-/m0/s1. The maximum Gasteiger partial charge on any atom is 0.248 e. The molecule has 0 aliphatic heterocycles. The lowest BCUT2D eigenvalue weighted by atomic mass is 10.1. The Balaban J connectivity index is 1.45. The second-order valence-corrected chi connectivity index (χ2v) is 7.52. The van der Waals surface area contributed by atoms with Crippen LogP contribution in [0.1, 0.15) is 5.69 Å². The molecule has 4 aromatic rings. The third kappa shape index (κ3) is 6.49. The molecular formula is C25H22FN5O4. The number of imidazole rings is 1. The number of nitrogens with zero attached hydrogens (tertiary/aromatic N) is 2. The zero-order valence-electron chi connectivity index (χ0n) is 18.4. The fraction of sp³-hybridized carbons (Fsp3) is 0.120. The number of benzene rings is 2. The van der Waals surface area contributed by atoms with E-state index >= 15 is 0 Å². The molecule has 0 unspecified atom stereocenters. The largest absolute Gasteiger partial charge is 0.457 e. The summed E-state index contributed by atoms with van der Waals surface area (Å²) in [5, 5.41) is 14.2. The van der Waals surface area contributed by atoms with Crippen molar-refractivity contribution in [3.63, 3.8) is 0 Å². The van der Waals surface area contributed by atoms with Crippen molar-refractivity contribution in [3.05, 3.63) is 90.8 Å². The van der Waals surface area contributed by atoms with Gasteiger partial charge in [-0.1, -0.05) is 6.07 Å². The quantitative estimate of drug-likeness (QED) is 0.295. The number of rotatable bonds is 9. The summed E-state index contributed by atoms with van der Waals surface area (Å²) < 4.78 is 18.8. The SMILES string of the molecule is O=C(CO)N[C@@H](Cc1c[nH]cn1)C(=O)Nc1cccc(-c2ccc(Oc3ccc(F)cc3)cc2)n1. The number of amides is 2. The van der Waals surface area contributed by atoms with Crippen molar-refractivity contribution in [2.75, 3.05) is 11.9 Å². The van der Waals surface area contributed by atoms with Gasteiger partial charge in [0.15, 0.2) is 0 Å². The highest BCUT2D eigenvalue weighted by Gasteiger charge is 2.22. The first-order valence-electron chi connectivity index (χ1n) is 10.7. The van der Waals surface area contributed by atoms with E-state index in [9.17, 15) is 14.0 Å². The van der Waals surface area contributed by atoms with Gasteiger partial charge >= 0.3 is 0 Å². The lowest BCUT2D eigenvalue weighted by molar-refractivity contribution is -0.128. The Morgan fingerprint density at radius 3 is 2.40 bits per heavy atom. The number of aliphatic hydroxyl groups excluding tert-OH is 1. The zero-order valence-corrected chi connectivity index (χ0v) is 18.4. The Morgan fingerprint density at radius 2 is 1.74 bits per heavy atom. The van der Waals surface area contributed by atoms with Crippen LogP contribution in [0.25, 0.3) is 11.3 Å². The van der Waals surface area contributed by atoms with Crippen LogP contribution in [0.2, 0.25) is 0 Å². The number of hydrogen-bond donors (Lipinski definition) is 4. The minimum Gasteiger partial charge on any atom is -0.457 e. The molecular weight excluding hydrogens is 453 g/mol. The Kier molecular flexibility index (Phi) is 7.44. The van der Waals surface area contributed by atoms with Crippen molar-refractivity contribution in [2.24, 2.45) is 0 Å². The smallest absolute Gasteiger partial charge is 0.248 e. The molecule has 0 saturated heterocycles. The second kappa shape index (κ2) is 11.0. The molecule has 4 N–H and O–H groups in total. The number of halogens is 1. The molecule has 1 atom stereocenters. The Morgan fingerprint density at radius 1 is 1.03 bits per heavy atom. The monoisotopic (exact) mass is 475 g/mol. The summed E-state index contributed by atoms with van der Waals surface area (Å²) in [6.45, 7) is -0.737. The van der Waals surface area contributed by atoms with Crippen LogP contribution in [0.3, 0.4) is 0 Å². The maximum absolute atomic E-state index is 13.1. The first-order chi connectivity index (χ1) is 17.0. The molecule has 0 fully saturated rings. The van der Waals surface area contributed by atoms with Gasteiger partial charge in [0.25, 0.3) is 0 Å². The fourth-order valence-corrected chi connectivity index (χ4v) is 3.27. The minimum atomic E-state index is -0.953. The highest BCUT2D eigenvalue weighted by atomic mass is 19.1. The van der Waals surface area contributed by atoms with Gasteiger partial charge < -0.3 is 25.5 Å². The molecule has 178 valence electrons. The molecule has 35 heavy (non-hydrogen) atoms. The van der Waals surface area contributed by atoms with Crippen LogP contribution in [-0.4, -0.2) is 44.5 Å². The van der Waals surface area contributed by atoms with Crippen LogP contribution in [0, 0.1) is 5.82 Å². The van der Waals surface area contributed by atoms with E-state index in [2.05, 4.69) is 25.6 Å². The number of aromatic amines is 1. The first kappa shape index (κ1) is 23.6. The van der Waals surface area contributed by atoms with Gasteiger partial charge in [-0.25, -0.2) is 14.4 Å². The molecule has 0 aliphatic rings. The normalized spacial score (nSPS) is 11.5. The van der Waals surface area contributed by atoms with Crippen LogP contribution >= 0.6 is 0 Å². The van der Waals surface area contributed by atoms with Gasteiger partial charge in [-0.2, -0.15) is 0 Å². The number of anilines is 1. The van der Waals surface area contributed by atoms with E-state index in [4.69, 9.17) is 9.84 Å². The molecule has 0 aliphatic carbocycles. The average molecular weight is 475 g/mol. The summed E-state index contributed by atoms with van der Waals surface area (Å²) in [5.74, 6) is -0.128. The van der Waals surface area contributed by atoms with Gasteiger partial charge in [-0.3, -0.25) is 9.59 Å². The van der Waals surface area contributed by atoms with E-state index in [1.165, 1.54) is 18.5 Å². The highest BCUT2D eigenvalue weighted by Crippen LogP contribution is 2.26. The van der Waals surface area contributed by atoms with E-state index in [-0.39, 0.29) is 12.2 Å². The molecule has 2 aromatic carbocycles. The molecule has 4 rings (SSSR count). The van der Waals surface area contributed by atoms with Crippen LogP contribution < -0.4 is 15.4 Å². The Labute approximate surface area is 200 Å². The molecule has 10 heteroatoms. The predicted octanol–water partition coefficient (Wildman–Crippen LogP) is 3.06. The van der Waals surface area contributed by atoms with E-state index in [1.807, 2.05) is 12.1 Å². The molecule has 2 heterocycles. The number of hydrogen-bond acceptors (Lipinski definition) is 6. The molecule has 2 aromatic heterocycles. The van der Waals surface area contributed by atoms with Crippen molar-refractivity contribution >= 4 is 17.6 Å². The number of aliphatic hydroxyl groups is 1. The molecule has 2 amide bonds. The molecule has 0 spiro atoms. The number of aromatic nitrogens is 3. The predicted molar refractivity (Wildman–Crippen MR) is 126 cm³/mol. The number of nitrogens with one attached hydrogen (secondary N) is 3. The van der Waals surface area contributed by atoms with Gasteiger partial charge in [0.1, 0.15) is 35.8 Å². The van der Waals surface area contributed by atoms with Crippen molar-refractivity contribution in [2.45, 2.75) is 12.5 Å². The topological polar surface area (TPSA) is 129 Å². The summed E-state index contributed by atoms with van der Waals surface area (Å²) >= 11 is 0. The van der Waals surface area contributed by atoms with Crippen molar-refractivity contribution in [1.29, 1.82) is 0 Å². The Bertz CT molecular complexity index is 1280. The summed E-state index contributed by atoms with van der Waals surface area (Å²) in [7, 11) is 0. The molecule has 0 bridgehead atoms. The summed E-state index contributed by atoms with van der Waals surface area (Å²) in [6.07, 6.45) is 3.23. The third-order valence-electron chi connectivity index (χ3n) is 4.96. The van der Waals surface area contributed by atoms with Gasteiger partial charge in [-0.05, 0) is 60.7 Å². The van der Waals surface area contributed by atoms with E-state index in [0.717, 1.165) is 5.56 Å². The van der Waals surface area contributed by atoms with Gasteiger partial charge in [0.2, 0.25) is 11.8 Å². The maximum atomic E-state index is 13.1. The highest BCUT2D eigenvalue weighted by molar-refractivity contribution is 5.97. The van der Waals surface area contributed by atoms with Gasteiger partial charge in [-0.15, -0.1) is 0 Å². The first-order valence-corrected chi connectivity index (χ1v) is 10.7. The molecule has 0 radical (unpaired) electrons. The number of H-pyrrole nitrogens is 1. The van der Waals surface area contributed by atoms with Gasteiger partial charge in [0.05, 0.1) is 17.7 Å². The summed E-state index contributed by atoms with van der Waals surface area (Å²) in [5.41, 5.74) is 1.97.